The van der Waals surface area contributed by atoms with Crippen LogP contribution in [-0.2, 0) is 26.9 Å². The Balaban J connectivity index is 1.50. The molecular formula is C23H28N5O+. The molecule has 2 aliphatic heterocycles. The maximum Gasteiger partial charge on any atom is 0.302 e. The third-order valence-corrected chi connectivity index (χ3v) is 6.33. The third-order valence-electron chi connectivity index (χ3n) is 6.33. The average Bonchev–Trinajstić information content (AvgIpc) is 2.99. The molecule has 0 spiro atoms. The summed E-state index contributed by atoms with van der Waals surface area (Å²) in [6.07, 6.45) is 6.48. The van der Waals surface area contributed by atoms with Gasteiger partial charge in [0.25, 0.3) is 0 Å². The quantitative estimate of drug-likeness (QED) is 0.423. The number of benzene rings is 2. The number of rotatable bonds is 4. The lowest BCUT2D eigenvalue weighted by Gasteiger charge is -2.38. The van der Waals surface area contributed by atoms with Gasteiger partial charge in [0.15, 0.2) is 11.0 Å². The fourth-order valence-corrected chi connectivity index (χ4v) is 4.98. The molecule has 0 aliphatic carbocycles. The number of hydrogen-bond donors (Lipinski definition) is 1. The van der Waals surface area contributed by atoms with Crippen LogP contribution < -0.4 is 19.6 Å². The molecule has 0 unspecified atom stereocenters. The number of imidazole rings is 1. The fourth-order valence-electron chi connectivity index (χ4n) is 4.98. The Kier molecular flexibility index (Phi) is 4.42. The second-order valence-electron chi connectivity index (χ2n) is 7.97. The summed E-state index contributed by atoms with van der Waals surface area (Å²) in [6, 6.07) is 10.6. The second kappa shape index (κ2) is 7.10. The lowest BCUT2D eigenvalue weighted by molar-refractivity contribution is -0.646. The molecule has 5 rings (SSSR count). The molecule has 3 heterocycles. The van der Waals surface area contributed by atoms with E-state index in [1.54, 1.807) is 7.11 Å². The van der Waals surface area contributed by atoms with E-state index in [-0.39, 0.29) is 0 Å². The molecule has 0 amide bonds. The highest BCUT2D eigenvalue weighted by molar-refractivity contribution is 5.82. The molecule has 150 valence electrons. The van der Waals surface area contributed by atoms with Crippen LogP contribution in [0.25, 0.3) is 11.0 Å². The summed E-state index contributed by atoms with van der Waals surface area (Å²) in [6.45, 7) is 2.32. The van der Waals surface area contributed by atoms with Crippen LogP contribution in [0.5, 0.6) is 5.75 Å². The van der Waals surface area contributed by atoms with Crippen molar-refractivity contribution in [3.05, 3.63) is 47.3 Å². The maximum absolute atomic E-state index is 5.84. The molecular weight excluding hydrogens is 362 g/mol. The Hall–Kier alpha value is -3.02. The Morgan fingerprint density at radius 1 is 1.17 bits per heavy atom. The fraction of sp³-hybridized carbons (Fsp3) is 0.391. The zero-order valence-electron chi connectivity index (χ0n) is 17.4. The van der Waals surface area contributed by atoms with Gasteiger partial charge >= 0.3 is 5.82 Å². The first-order chi connectivity index (χ1) is 14.2. The summed E-state index contributed by atoms with van der Waals surface area (Å²) < 4.78 is 10.2. The monoisotopic (exact) mass is 390 g/mol. The van der Waals surface area contributed by atoms with Gasteiger partial charge in [-0.05, 0) is 49.4 Å². The van der Waals surface area contributed by atoms with E-state index in [0.29, 0.717) is 0 Å². The van der Waals surface area contributed by atoms with E-state index in [1.165, 1.54) is 40.7 Å². The molecule has 0 fully saturated rings. The zero-order chi connectivity index (χ0) is 20.0. The van der Waals surface area contributed by atoms with Gasteiger partial charge in [0.1, 0.15) is 12.0 Å². The molecule has 1 N–H and O–H groups in total. The lowest BCUT2D eigenvalue weighted by atomic mass is 9.90. The van der Waals surface area contributed by atoms with Crippen molar-refractivity contribution in [2.75, 3.05) is 30.5 Å². The van der Waals surface area contributed by atoms with Crippen LogP contribution in [0, 0.1) is 0 Å². The van der Waals surface area contributed by atoms with Crippen LogP contribution >= 0.6 is 0 Å². The van der Waals surface area contributed by atoms with E-state index >= 15 is 0 Å². The normalized spacial score (nSPS) is 15.8. The summed E-state index contributed by atoms with van der Waals surface area (Å²) in [5.41, 5.74) is 10.8. The average molecular weight is 391 g/mol. The van der Waals surface area contributed by atoms with Gasteiger partial charge in [-0.25, -0.2) is 9.13 Å². The molecule has 29 heavy (non-hydrogen) atoms. The largest absolute Gasteiger partial charge is 0.494 e. The number of nitrogens with one attached hydrogen (secondary N) is 1. The van der Waals surface area contributed by atoms with Crippen LogP contribution in [0.1, 0.15) is 29.8 Å². The lowest BCUT2D eigenvalue weighted by Crippen LogP contribution is -2.34. The van der Waals surface area contributed by atoms with E-state index in [1.807, 2.05) is 6.21 Å². The predicted octanol–water partition coefficient (Wildman–Crippen LogP) is 3.16. The molecule has 6 heteroatoms. The predicted molar refractivity (Wildman–Crippen MR) is 117 cm³/mol. The highest BCUT2D eigenvalue weighted by Crippen LogP contribution is 2.44. The molecule has 1 aromatic heterocycles. The van der Waals surface area contributed by atoms with Crippen molar-refractivity contribution in [2.24, 2.45) is 19.2 Å². The van der Waals surface area contributed by atoms with Gasteiger partial charge in [0.2, 0.25) is 0 Å². The standard InChI is InChI=1S/C23H27N5O/c1-26-19-10-4-5-11-20(19)27(2)21(26)15-24-25-18-14-16-8-6-12-28-13-7-9-17(22(16)28)23(18)29-3/h4-5,10-11,14-15H,6-9,12-13H2,1-3H3/p+1. The molecule has 3 aromatic rings. The third kappa shape index (κ3) is 2.85. The first kappa shape index (κ1) is 18.0. The molecule has 0 atom stereocenters. The summed E-state index contributed by atoms with van der Waals surface area (Å²) in [5.74, 6) is 1.97. The first-order valence-corrected chi connectivity index (χ1v) is 10.4. The number of hydrazone groups is 1. The minimum absolute atomic E-state index is 0.939. The summed E-state index contributed by atoms with van der Waals surface area (Å²) in [4.78, 5) is 2.53. The minimum atomic E-state index is 0.939. The second-order valence-corrected chi connectivity index (χ2v) is 7.97. The number of para-hydroxylation sites is 2. The Morgan fingerprint density at radius 2 is 1.97 bits per heavy atom. The summed E-state index contributed by atoms with van der Waals surface area (Å²) in [7, 11) is 5.91. The van der Waals surface area contributed by atoms with Gasteiger partial charge in [-0.2, -0.15) is 5.10 Å². The van der Waals surface area contributed by atoms with Crippen molar-refractivity contribution >= 4 is 28.6 Å². The molecule has 6 nitrogen and oxygen atoms in total. The van der Waals surface area contributed by atoms with E-state index in [2.05, 4.69) is 69.0 Å². The van der Waals surface area contributed by atoms with Crippen molar-refractivity contribution in [1.82, 2.24) is 4.57 Å². The van der Waals surface area contributed by atoms with E-state index in [4.69, 9.17) is 4.74 Å². The van der Waals surface area contributed by atoms with Crippen LogP contribution in [0.2, 0.25) is 0 Å². The number of anilines is 2. The number of aromatic nitrogens is 2. The molecule has 2 aromatic carbocycles. The van der Waals surface area contributed by atoms with Gasteiger partial charge in [-0.3, -0.25) is 5.43 Å². The number of aryl methyl sites for hydroxylation is 3. The smallest absolute Gasteiger partial charge is 0.302 e. The van der Waals surface area contributed by atoms with Crippen LogP contribution in [0.15, 0.2) is 35.4 Å². The van der Waals surface area contributed by atoms with Crippen LogP contribution in [0.3, 0.4) is 0 Å². The molecule has 0 bridgehead atoms. The van der Waals surface area contributed by atoms with Gasteiger partial charge in [-0.1, -0.05) is 12.1 Å². The number of ether oxygens (including phenoxy) is 1. The topological polar surface area (TPSA) is 45.7 Å². The molecule has 0 radical (unpaired) electrons. The van der Waals surface area contributed by atoms with Crippen molar-refractivity contribution in [2.45, 2.75) is 25.7 Å². The zero-order valence-corrected chi connectivity index (χ0v) is 17.4. The Morgan fingerprint density at radius 3 is 2.76 bits per heavy atom. The van der Waals surface area contributed by atoms with Crippen molar-refractivity contribution in [3.8, 4) is 5.75 Å². The number of methoxy groups -OCH3 is 1. The molecule has 2 aliphatic rings. The minimum Gasteiger partial charge on any atom is -0.494 e. The van der Waals surface area contributed by atoms with Crippen LogP contribution in [-0.4, -0.2) is 31.0 Å². The van der Waals surface area contributed by atoms with E-state index < -0.39 is 0 Å². The van der Waals surface area contributed by atoms with Crippen LogP contribution in [0.4, 0.5) is 11.4 Å². The van der Waals surface area contributed by atoms with Gasteiger partial charge < -0.3 is 9.64 Å². The Labute approximate surface area is 171 Å². The van der Waals surface area contributed by atoms with Gasteiger partial charge in [0.05, 0.1) is 26.9 Å². The van der Waals surface area contributed by atoms with E-state index in [0.717, 1.165) is 43.2 Å². The highest BCUT2D eigenvalue weighted by atomic mass is 16.5. The van der Waals surface area contributed by atoms with Crippen molar-refractivity contribution in [1.29, 1.82) is 0 Å². The number of fused-ring (bicyclic) bond motifs is 1. The number of hydrogen-bond acceptors (Lipinski definition) is 4. The van der Waals surface area contributed by atoms with Crippen molar-refractivity contribution in [3.63, 3.8) is 0 Å². The maximum atomic E-state index is 5.84. The first-order valence-electron chi connectivity index (χ1n) is 10.4. The summed E-state index contributed by atoms with van der Waals surface area (Å²) >= 11 is 0. The molecule has 0 saturated carbocycles. The van der Waals surface area contributed by atoms with E-state index in [9.17, 15) is 0 Å². The van der Waals surface area contributed by atoms with Gasteiger partial charge in [-0.15, -0.1) is 0 Å². The molecule has 0 saturated heterocycles. The van der Waals surface area contributed by atoms with Gasteiger partial charge in [0, 0.05) is 24.3 Å². The SMILES string of the molecule is COc1c(N/N=C/c2n(C)c3ccccc3[n+]2C)cc2c3c1CCCN3CCC2. The number of nitrogens with zero attached hydrogens (tertiary/aromatic N) is 4. The highest BCUT2D eigenvalue weighted by Gasteiger charge is 2.28. The summed E-state index contributed by atoms with van der Waals surface area (Å²) in [5, 5.41) is 4.59. The van der Waals surface area contributed by atoms with Crippen molar-refractivity contribution < 1.29 is 9.30 Å². The Bertz CT molecular complexity index is 1070.